The topological polar surface area (TPSA) is 46.3 Å². The van der Waals surface area contributed by atoms with Crippen LogP contribution in [0.15, 0.2) is 34.2 Å². The van der Waals surface area contributed by atoms with Gasteiger partial charge in [-0.1, -0.05) is 22.8 Å². The number of halogens is 1. The van der Waals surface area contributed by atoms with E-state index < -0.39 is 0 Å². The number of aryl methyl sites for hydroxylation is 2. The van der Waals surface area contributed by atoms with Crippen molar-refractivity contribution < 1.29 is 9.32 Å². The summed E-state index contributed by atoms with van der Waals surface area (Å²) >= 11 is 8.19. The Hall–Kier alpha value is -2.11. The van der Waals surface area contributed by atoms with Crippen molar-refractivity contribution in [3.8, 4) is 21.6 Å². The average Bonchev–Trinajstić information content (AvgIpc) is 3.28. The number of hydrogen-bond acceptors (Lipinski definition) is 4. The lowest BCUT2D eigenvalue weighted by atomic mass is 10.0. The molecule has 140 valence electrons. The molecule has 0 atom stereocenters. The number of amides is 1. The largest absolute Gasteiger partial charge is 0.361 e. The van der Waals surface area contributed by atoms with E-state index in [0.717, 1.165) is 59.0 Å². The zero-order chi connectivity index (χ0) is 19.0. The summed E-state index contributed by atoms with van der Waals surface area (Å²) in [6.07, 6.45) is 3.36. The Labute approximate surface area is 167 Å². The first-order valence-electron chi connectivity index (χ1n) is 9.15. The number of hydrogen-bond donors (Lipinski definition) is 0. The Morgan fingerprint density at radius 2 is 1.96 bits per heavy atom. The summed E-state index contributed by atoms with van der Waals surface area (Å²) in [6.45, 7) is 5.54. The molecule has 1 aliphatic heterocycles. The monoisotopic (exact) mass is 400 g/mol. The van der Waals surface area contributed by atoms with Gasteiger partial charge in [0.05, 0.1) is 11.3 Å². The molecule has 0 aliphatic carbocycles. The molecular formula is C21H21ClN2O2S. The van der Waals surface area contributed by atoms with Crippen LogP contribution in [0.3, 0.4) is 0 Å². The highest BCUT2D eigenvalue weighted by Crippen LogP contribution is 2.38. The molecule has 0 bridgehead atoms. The zero-order valence-electron chi connectivity index (χ0n) is 15.4. The maximum absolute atomic E-state index is 12.7. The molecule has 0 unspecified atom stereocenters. The fourth-order valence-electron chi connectivity index (χ4n) is 3.61. The molecule has 4 nitrogen and oxygen atoms in total. The van der Waals surface area contributed by atoms with Gasteiger partial charge in [-0.15, -0.1) is 11.3 Å². The molecular weight excluding hydrogens is 380 g/mol. The van der Waals surface area contributed by atoms with Crippen molar-refractivity contribution in [3.63, 3.8) is 0 Å². The van der Waals surface area contributed by atoms with E-state index >= 15 is 0 Å². The zero-order valence-corrected chi connectivity index (χ0v) is 17.0. The lowest BCUT2D eigenvalue weighted by Gasteiger charge is -2.26. The Morgan fingerprint density at radius 3 is 2.63 bits per heavy atom. The van der Waals surface area contributed by atoms with Gasteiger partial charge in [0.2, 0.25) is 0 Å². The van der Waals surface area contributed by atoms with Gasteiger partial charge >= 0.3 is 0 Å². The van der Waals surface area contributed by atoms with Crippen molar-refractivity contribution in [2.45, 2.75) is 33.1 Å². The second-order valence-corrected chi connectivity index (χ2v) is 8.26. The standard InChI is InChI=1S/C21H21ClN2O2S/c1-13-20(14(2)26-23-13)19-11-16(12-27-19)17-7-6-15(10-18(17)22)21(25)24-8-4-3-5-9-24/h6-7,10-12H,3-5,8-9H2,1-2H3. The van der Waals surface area contributed by atoms with Gasteiger partial charge in [0.1, 0.15) is 5.76 Å². The van der Waals surface area contributed by atoms with E-state index in [4.69, 9.17) is 16.1 Å². The van der Waals surface area contributed by atoms with Crippen LogP contribution >= 0.6 is 22.9 Å². The van der Waals surface area contributed by atoms with E-state index in [1.807, 2.05) is 30.9 Å². The van der Waals surface area contributed by atoms with Gasteiger partial charge < -0.3 is 9.42 Å². The van der Waals surface area contributed by atoms with E-state index in [-0.39, 0.29) is 5.91 Å². The van der Waals surface area contributed by atoms with Crippen molar-refractivity contribution in [1.82, 2.24) is 10.1 Å². The number of benzene rings is 1. The molecule has 0 spiro atoms. The van der Waals surface area contributed by atoms with Crippen LogP contribution in [0.4, 0.5) is 0 Å². The smallest absolute Gasteiger partial charge is 0.253 e. The Balaban J connectivity index is 1.61. The molecule has 0 N–H and O–H groups in total. The molecule has 1 fully saturated rings. The van der Waals surface area contributed by atoms with Gasteiger partial charge in [-0.2, -0.15) is 0 Å². The number of rotatable bonds is 3. The van der Waals surface area contributed by atoms with Crippen LogP contribution in [0.1, 0.15) is 41.1 Å². The Kier molecular flexibility index (Phi) is 5.06. The highest BCUT2D eigenvalue weighted by Gasteiger charge is 2.20. The molecule has 3 aromatic rings. The summed E-state index contributed by atoms with van der Waals surface area (Å²) in [6, 6.07) is 7.72. The van der Waals surface area contributed by atoms with E-state index in [1.54, 1.807) is 17.4 Å². The number of carbonyl (C=O) groups excluding carboxylic acids is 1. The fourth-order valence-corrected chi connectivity index (χ4v) is 4.95. The number of aromatic nitrogens is 1. The third-order valence-corrected chi connectivity index (χ3v) is 6.31. The summed E-state index contributed by atoms with van der Waals surface area (Å²) in [7, 11) is 0. The van der Waals surface area contributed by atoms with Crippen molar-refractivity contribution in [2.24, 2.45) is 0 Å². The van der Waals surface area contributed by atoms with Gasteiger partial charge in [-0.05, 0) is 62.3 Å². The van der Waals surface area contributed by atoms with Crippen molar-refractivity contribution >= 4 is 28.8 Å². The molecule has 1 aromatic carbocycles. The van der Waals surface area contributed by atoms with Crippen LogP contribution in [0, 0.1) is 13.8 Å². The van der Waals surface area contributed by atoms with Crippen LogP contribution in [-0.4, -0.2) is 29.1 Å². The minimum atomic E-state index is 0.0740. The highest BCUT2D eigenvalue weighted by molar-refractivity contribution is 7.14. The lowest BCUT2D eigenvalue weighted by Crippen LogP contribution is -2.35. The first-order chi connectivity index (χ1) is 13.0. The summed E-state index contributed by atoms with van der Waals surface area (Å²) in [5.41, 5.74) is 4.55. The van der Waals surface area contributed by atoms with Crippen LogP contribution in [0.2, 0.25) is 5.02 Å². The molecule has 1 saturated heterocycles. The van der Waals surface area contributed by atoms with Crippen LogP contribution in [0.25, 0.3) is 21.6 Å². The van der Waals surface area contributed by atoms with E-state index in [1.165, 1.54) is 6.42 Å². The highest BCUT2D eigenvalue weighted by atomic mass is 35.5. The molecule has 3 heterocycles. The predicted molar refractivity (Wildman–Crippen MR) is 109 cm³/mol. The Morgan fingerprint density at radius 1 is 1.19 bits per heavy atom. The SMILES string of the molecule is Cc1noc(C)c1-c1cc(-c2ccc(C(=O)N3CCCCC3)cc2Cl)cs1. The number of nitrogens with zero attached hydrogens (tertiary/aromatic N) is 2. The molecule has 0 saturated carbocycles. The second-order valence-electron chi connectivity index (χ2n) is 6.95. The van der Waals surface area contributed by atoms with E-state index in [9.17, 15) is 4.79 Å². The molecule has 4 rings (SSSR count). The van der Waals surface area contributed by atoms with Gasteiger partial charge in [-0.3, -0.25) is 4.79 Å². The average molecular weight is 401 g/mol. The molecule has 1 amide bonds. The molecule has 27 heavy (non-hydrogen) atoms. The Bertz CT molecular complexity index is 966. The normalized spacial score (nSPS) is 14.6. The molecule has 6 heteroatoms. The minimum Gasteiger partial charge on any atom is -0.361 e. The fraction of sp³-hybridized carbons (Fsp3) is 0.333. The number of carbonyl (C=O) groups is 1. The second kappa shape index (κ2) is 7.49. The third-order valence-electron chi connectivity index (χ3n) is 5.05. The number of thiophene rings is 1. The number of piperidine rings is 1. The summed E-state index contributed by atoms with van der Waals surface area (Å²) < 4.78 is 5.28. The molecule has 2 aromatic heterocycles. The maximum Gasteiger partial charge on any atom is 0.253 e. The predicted octanol–water partition coefficient (Wildman–Crippen LogP) is 5.97. The molecule has 1 aliphatic rings. The number of likely N-dealkylation sites (tertiary alicyclic amines) is 1. The van der Waals surface area contributed by atoms with Crippen molar-refractivity contribution in [3.05, 3.63) is 51.7 Å². The van der Waals surface area contributed by atoms with Gasteiger partial charge in [-0.25, -0.2) is 0 Å². The maximum atomic E-state index is 12.7. The summed E-state index contributed by atoms with van der Waals surface area (Å²) in [5, 5.41) is 6.71. The van der Waals surface area contributed by atoms with Gasteiger partial charge in [0.25, 0.3) is 5.91 Å². The van der Waals surface area contributed by atoms with Crippen molar-refractivity contribution in [2.75, 3.05) is 13.1 Å². The van der Waals surface area contributed by atoms with Gasteiger partial charge in [0.15, 0.2) is 0 Å². The lowest BCUT2D eigenvalue weighted by molar-refractivity contribution is 0.0724. The van der Waals surface area contributed by atoms with Gasteiger partial charge in [0, 0.05) is 34.1 Å². The van der Waals surface area contributed by atoms with Crippen LogP contribution in [0.5, 0.6) is 0 Å². The summed E-state index contributed by atoms with van der Waals surface area (Å²) in [4.78, 5) is 15.7. The van der Waals surface area contributed by atoms with Crippen LogP contribution in [-0.2, 0) is 0 Å². The third kappa shape index (κ3) is 3.54. The molecule has 0 radical (unpaired) electrons. The van der Waals surface area contributed by atoms with Crippen molar-refractivity contribution in [1.29, 1.82) is 0 Å². The van der Waals surface area contributed by atoms with E-state index in [2.05, 4.69) is 16.6 Å². The van der Waals surface area contributed by atoms with Crippen LogP contribution < -0.4 is 0 Å². The quantitative estimate of drug-likeness (QED) is 0.544. The first kappa shape index (κ1) is 18.3. The van der Waals surface area contributed by atoms with E-state index in [0.29, 0.717) is 10.6 Å². The first-order valence-corrected chi connectivity index (χ1v) is 10.4. The minimum absolute atomic E-state index is 0.0740. The summed E-state index contributed by atoms with van der Waals surface area (Å²) in [5.74, 6) is 0.888.